The maximum absolute atomic E-state index is 12.9. The fourth-order valence-electron chi connectivity index (χ4n) is 5.63. The van der Waals surface area contributed by atoms with Gasteiger partial charge in [0, 0.05) is 38.9 Å². The van der Waals surface area contributed by atoms with Crippen LogP contribution in [0.5, 0.6) is 0 Å². The van der Waals surface area contributed by atoms with Crippen molar-refractivity contribution in [3.63, 3.8) is 0 Å². The highest BCUT2D eigenvalue weighted by molar-refractivity contribution is 5.76. The molecule has 6 heteroatoms. The number of hydrogen-bond donors (Lipinski definition) is 1. The predicted molar refractivity (Wildman–Crippen MR) is 98.1 cm³/mol. The average molecular weight is 364 g/mol. The topological polar surface area (TPSA) is 54.0 Å². The molecule has 26 heavy (non-hydrogen) atoms. The first-order valence-electron chi connectivity index (χ1n) is 10.7. The van der Waals surface area contributed by atoms with Gasteiger partial charge in [-0.3, -0.25) is 0 Å². The summed E-state index contributed by atoms with van der Waals surface area (Å²) in [7, 11) is 0. The molecule has 0 aromatic rings. The molecule has 2 amide bonds. The second kappa shape index (κ2) is 6.95. The molecule has 0 radical (unpaired) electrons. The zero-order valence-electron chi connectivity index (χ0n) is 15.8. The number of amides is 2. The van der Waals surface area contributed by atoms with Crippen LogP contribution in [0, 0.1) is 11.8 Å². The molecule has 5 aliphatic rings. The van der Waals surface area contributed by atoms with Gasteiger partial charge in [0.2, 0.25) is 0 Å². The van der Waals surface area contributed by atoms with Gasteiger partial charge in [0.1, 0.15) is 5.60 Å². The third-order valence-corrected chi connectivity index (χ3v) is 7.23. The third kappa shape index (κ3) is 3.25. The number of likely N-dealkylation sites (tertiary alicyclic amines) is 2. The average Bonchev–Trinajstić information content (AvgIpc) is 3.12. The molecular weight excluding hydrogens is 330 g/mol. The maximum Gasteiger partial charge on any atom is 0.318 e. The number of carbonyl (C=O) groups is 1. The molecule has 0 aromatic heterocycles. The fourth-order valence-corrected chi connectivity index (χ4v) is 5.63. The Hall–Kier alpha value is -0.850. The summed E-state index contributed by atoms with van der Waals surface area (Å²) in [6.07, 6.45) is 8.18. The number of ether oxygens (including phenoxy) is 2. The lowest BCUT2D eigenvalue weighted by Gasteiger charge is -2.55. The number of hydrogen-bond acceptors (Lipinski definition) is 4. The Morgan fingerprint density at radius 1 is 1.12 bits per heavy atom. The van der Waals surface area contributed by atoms with Crippen LogP contribution >= 0.6 is 0 Å². The van der Waals surface area contributed by atoms with Gasteiger partial charge in [-0.1, -0.05) is 0 Å². The molecule has 0 bridgehead atoms. The Labute approximate surface area is 156 Å². The number of nitrogens with one attached hydrogen (secondary N) is 1. The molecule has 5 fully saturated rings. The van der Waals surface area contributed by atoms with E-state index in [1.165, 1.54) is 19.3 Å². The Bertz CT molecular complexity index is 518. The van der Waals surface area contributed by atoms with Crippen molar-refractivity contribution in [2.75, 3.05) is 46.0 Å². The monoisotopic (exact) mass is 363 g/mol. The van der Waals surface area contributed by atoms with E-state index in [2.05, 4.69) is 15.1 Å². The van der Waals surface area contributed by atoms with Crippen molar-refractivity contribution in [1.82, 2.24) is 15.1 Å². The molecule has 4 aliphatic heterocycles. The standard InChI is InChI=1S/C20H33N3O3/c24-19(23-14-20(7-1-10-26-20)18(23)16-2-3-16)21-17-4-8-22(9-5-17)12-15-6-11-25-13-15/h15-18H,1-14H2,(H,21,24). The first kappa shape index (κ1) is 17.3. The van der Waals surface area contributed by atoms with E-state index in [4.69, 9.17) is 9.47 Å². The van der Waals surface area contributed by atoms with Crippen LogP contribution in [0.2, 0.25) is 0 Å². The first-order valence-corrected chi connectivity index (χ1v) is 10.7. The van der Waals surface area contributed by atoms with Crippen molar-refractivity contribution in [2.45, 2.75) is 62.6 Å². The molecule has 0 aromatic carbocycles. The molecule has 3 unspecified atom stereocenters. The van der Waals surface area contributed by atoms with Crippen molar-refractivity contribution in [2.24, 2.45) is 11.8 Å². The summed E-state index contributed by atoms with van der Waals surface area (Å²) in [5, 5.41) is 3.33. The van der Waals surface area contributed by atoms with Gasteiger partial charge in [0.25, 0.3) is 0 Å². The van der Waals surface area contributed by atoms with Crippen molar-refractivity contribution in [3.8, 4) is 0 Å². The van der Waals surface area contributed by atoms with E-state index >= 15 is 0 Å². The molecule has 4 heterocycles. The highest BCUT2D eigenvalue weighted by Gasteiger charge is 2.61. The third-order valence-electron chi connectivity index (χ3n) is 7.23. The van der Waals surface area contributed by atoms with Crippen LogP contribution in [0.15, 0.2) is 0 Å². The first-order chi connectivity index (χ1) is 12.7. The zero-order chi connectivity index (χ0) is 17.6. The molecule has 6 nitrogen and oxygen atoms in total. The van der Waals surface area contributed by atoms with Crippen LogP contribution < -0.4 is 5.32 Å². The van der Waals surface area contributed by atoms with E-state index in [1.54, 1.807) is 0 Å². The van der Waals surface area contributed by atoms with Crippen molar-refractivity contribution in [1.29, 1.82) is 0 Å². The van der Waals surface area contributed by atoms with E-state index in [1.807, 2.05) is 0 Å². The quantitative estimate of drug-likeness (QED) is 0.828. The molecule has 1 aliphatic carbocycles. The molecule has 5 rings (SSSR count). The number of carbonyl (C=O) groups excluding carboxylic acids is 1. The number of nitrogens with zero attached hydrogens (tertiary/aromatic N) is 2. The van der Waals surface area contributed by atoms with E-state index in [9.17, 15) is 4.79 Å². The summed E-state index contributed by atoms with van der Waals surface area (Å²) in [5.41, 5.74) is 0.00518. The molecule has 146 valence electrons. The van der Waals surface area contributed by atoms with Crippen LogP contribution in [0.1, 0.15) is 44.9 Å². The number of piperidine rings is 1. The van der Waals surface area contributed by atoms with E-state index < -0.39 is 0 Å². The Balaban J connectivity index is 1.10. The van der Waals surface area contributed by atoms with Crippen LogP contribution in [-0.2, 0) is 9.47 Å². The Morgan fingerprint density at radius 3 is 2.62 bits per heavy atom. The second-order valence-electron chi connectivity index (χ2n) is 9.18. The lowest BCUT2D eigenvalue weighted by Crippen LogP contribution is -2.73. The molecular formula is C20H33N3O3. The smallest absolute Gasteiger partial charge is 0.318 e. The summed E-state index contributed by atoms with van der Waals surface area (Å²) in [6, 6.07) is 0.831. The van der Waals surface area contributed by atoms with Crippen molar-refractivity contribution in [3.05, 3.63) is 0 Å². The van der Waals surface area contributed by atoms with E-state index in [0.29, 0.717) is 23.9 Å². The van der Waals surface area contributed by atoms with Crippen molar-refractivity contribution >= 4 is 6.03 Å². The summed E-state index contributed by atoms with van der Waals surface area (Å²) in [6.45, 7) is 6.90. The van der Waals surface area contributed by atoms with Crippen LogP contribution in [0.3, 0.4) is 0 Å². The van der Waals surface area contributed by atoms with E-state index in [0.717, 1.165) is 71.7 Å². The minimum atomic E-state index is 0.00518. The molecule has 3 atom stereocenters. The minimum absolute atomic E-state index is 0.00518. The van der Waals surface area contributed by atoms with Crippen LogP contribution in [-0.4, -0.2) is 79.5 Å². The highest BCUT2D eigenvalue weighted by atomic mass is 16.5. The molecule has 1 saturated carbocycles. The largest absolute Gasteiger partial charge is 0.381 e. The summed E-state index contributed by atoms with van der Waals surface area (Å²) in [4.78, 5) is 17.5. The predicted octanol–water partition coefficient (Wildman–Crippen LogP) is 1.84. The normalized spacial score (nSPS) is 38.7. The summed E-state index contributed by atoms with van der Waals surface area (Å²) < 4.78 is 11.6. The van der Waals surface area contributed by atoms with Gasteiger partial charge < -0.3 is 24.6 Å². The second-order valence-corrected chi connectivity index (χ2v) is 9.18. The maximum atomic E-state index is 12.9. The van der Waals surface area contributed by atoms with E-state index in [-0.39, 0.29) is 11.6 Å². The fraction of sp³-hybridized carbons (Fsp3) is 0.950. The lowest BCUT2D eigenvalue weighted by atomic mass is 9.78. The van der Waals surface area contributed by atoms with Gasteiger partial charge in [-0.05, 0) is 56.8 Å². The molecule has 1 N–H and O–H groups in total. The summed E-state index contributed by atoms with van der Waals surface area (Å²) in [5.74, 6) is 1.40. The van der Waals surface area contributed by atoms with Gasteiger partial charge in [-0.15, -0.1) is 0 Å². The highest BCUT2D eigenvalue weighted by Crippen LogP contribution is 2.51. The zero-order valence-corrected chi connectivity index (χ0v) is 15.8. The Morgan fingerprint density at radius 2 is 1.96 bits per heavy atom. The number of urea groups is 1. The lowest BCUT2D eigenvalue weighted by molar-refractivity contribution is -0.147. The van der Waals surface area contributed by atoms with Gasteiger partial charge in [0.05, 0.1) is 19.2 Å². The van der Waals surface area contributed by atoms with Crippen LogP contribution in [0.4, 0.5) is 4.79 Å². The Kier molecular flexibility index (Phi) is 4.62. The molecule has 4 saturated heterocycles. The minimum Gasteiger partial charge on any atom is -0.381 e. The van der Waals surface area contributed by atoms with Crippen LogP contribution in [0.25, 0.3) is 0 Å². The number of rotatable bonds is 4. The SMILES string of the molecule is O=C(NC1CCN(CC2CCOC2)CC1)N1CC2(CCCO2)C1C1CC1. The van der Waals surface area contributed by atoms with Gasteiger partial charge in [-0.25, -0.2) is 4.79 Å². The van der Waals surface area contributed by atoms with Gasteiger partial charge in [0.15, 0.2) is 0 Å². The summed E-state index contributed by atoms with van der Waals surface area (Å²) >= 11 is 0. The van der Waals surface area contributed by atoms with Gasteiger partial charge in [-0.2, -0.15) is 0 Å². The van der Waals surface area contributed by atoms with Gasteiger partial charge >= 0.3 is 6.03 Å². The van der Waals surface area contributed by atoms with Crippen molar-refractivity contribution < 1.29 is 14.3 Å². The molecule has 1 spiro atoms.